The molecule has 0 aromatic rings. The van der Waals surface area contributed by atoms with E-state index in [-0.39, 0.29) is 12.1 Å². The highest BCUT2D eigenvalue weighted by Gasteiger charge is 2.35. The summed E-state index contributed by atoms with van der Waals surface area (Å²) in [6.07, 6.45) is 0.863. The summed E-state index contributed by atoms with van der Waals surface area (Å²) < 4.78 is 9.67. The Bertz CT molecular complexity index is 252. The van der Waals surface area contributed by atoms with Gasteiger partial charge in [-0.1, -0.05) is 0 Å². The van der Waals surface area contributed by atoms with Crippen molar-refractivity contribution in [1.29, 1.82) is 0 Å². The van der Waals surface area contributed by atoms with Crippen molar-refractivity contribution >= 4 is 12.1 Å². The van der Waals surface area contributed by atoms with Crippen molar-refractivity contribution < 1.29 is 19.1 Å². The predicted octanol–water partition coefficient (Wildman–Crippen LogP) is 1.17. The number of amides is 1. The van der Waals surface area contributed by atoms with Crippen LogP contribution in [0, 0.1) is 0 Å². The molecule has 86 valence electrons. The molecule has 1 aliphatic heterocycles. The van der Waals surface area contributed by atoms with Crippen molar-refractivity contribution in [2.75, 3.05) is 13.7 Å². The first-order valence-corrected chi connectivity index (χ1v) is 5.11. The molecule has 0 saturated carbocycles. The monoisotopic (exact) mass is 215 g/mol. The molecule has 0 aromatic heterocycles. The Morgan fingerprint density at radius 1 is 1.40 bits per heavy atom. The summed E-state index contributed by atoms with van der Waals surface area (Å²) in [7, 11) is 1.33. The van der Waals surface area contributed by atoms with Gasteiger partial charge in [-0.3, -0.25) is 4.90 Å². The lowest BCUT2D eigenvalue weighted by molar-refractivity contribution is -0.145. The number of methoxy groups -OCH3 is 1. The zero-order valence-corrected chi connectivity index (χ0v) is 9.36. The summed E-state index contributed by atoms with van der Waals surface area (Å²) in [5.74, 6) is -0.367. The van der Waals surface area contributed by atoms with Crippen molar-refractivity contribution in [3.05, 3.63) is 0 Å². The zero-order valence-electron chi connectivity index (χ0n) is 9.36. The first-order chi connectivity index (χ1) is 7.06. The first-order valence-electron chi connectivity index (χ1n) is 5.11. The fourth-order valence-corrected chi connectivity index (χ4v) is 1.64. The molecule has 0 aromatic carbocycles. The molecule has 0 aliphatic carbocycles. The number of nitrogens with zero attached hydrogens (tertiary/aromatic N) is 1. The van der Waals surface area contributed by atoms with Gasteiger partial charge >= 0.3 is 12.1 Å². The van der Waals surface area contributed by atoms with Gasteiger partial charge in [0.05, 0.1) is 13.2 Å². The van der Waals surface area contributed by atoms with Crippen molar-refractivity contribution in [3.63, 3.8) is 0 Å². The first kappa shape index (κ1) is 11.8. The number of carbonyl (C=O) groups excluding carboxylic acids is 2. The molecule has 1 heterocycles. The van der Waals surface area contributed by atoms with Gasteiger partial charge in [-0.05, 0) is 26.7 Å². The van der Waals surface area contributed by atoms with Gasteiger partial charge in [0.15, 0.2) is 0 Å². The average Bonchev–Trinajstić information content (AvgIpc) is 2.63. The smallest absolute Gasteiger partial charge is 0.410 e. The second kappa shape index (κ2) is 5.00. The second-order valence-electron chi connectivity index (χ2n) is 3.81. The van der Waals surface area contributed by atoms with Crippen LogP contribution in [0.3, 0.4) is 0 Å². The molecule has 1 atom stereocenters. The lowest BCUT2D eigenvalue weighted by Crippen LogP contribution is -2.42. The van der Waals surface area contributed by atoms with E-state index in [9.17, 15) is 9.59 Å². The zero-order chi connectivity index (χ0) is 11.4. The molecule has 0 spiro atoms. The second-order valence-corrected chi connectivity index (χ2v) is 3.81. The van der Waals surface area contributed by atoms with Gasteiger partial charge < -0.3 is 9.47 Å². The molecular formula is C10H17NO4. The molecule has 5 nitrogen and oxygen atoms in total. The average molecular weight is 215 g/mol. The summed E-state index contributed by atoms with van der Waals surface area (Å²) >= 11 is 0. The SMILES string of the molecule is COC(=O)[C@@H]1CCCN1C(=O)OC(C)C. The molecule has 1 saturated heterocycles. The highest BCUT2D eigenvalue weighted by Crippen LogP contribution is 2.19. The van der Waals surface area contributed by atoms with Crippen LogP contribution in [0.15, 0.2) is 0 Å². The van der Waals surface area contributed by atoms with E-state index in [1.54, 1.807) is 13.8 Å². The van der Waals surface area contributed by atoms with Gasteiger partial charge in [0.1, 0.15) is 6.04 Å². The van der Waals surface area contributed by atoms with E-state index in [0.717, 1.165) is 6.42 Å². The third-order valence-corrected chi connectivity index (χ3v) is 2.30. The van der Waals surface area contributed by atoms with Gasteiger partial charge in [-0.2, -0.15) is 0 Å². The van der Waals surface area contributed by atoms with Crippen molar-refractivity contribution in [1.82, 2.24) is 4.90 Å². The van der Waals surface area contributed by atoms with E-state index in [0.29, 0.717) is 13.0 Å². The number of ether oxygens (including phenoxy) is 2. The molecule has 1 aliphatic rings. The van der Waals surface area contributed by atoms with E-state index >= 15 is 0 Å². The third-order valence-electron chi connectivity index (χ3n) is 2.30. The molecule has 0 N–H and O–H groups in total. The fraction of sp³-hybridized carbons (Fsp3) is 0.800. The van der Waals surface area contributed by atoms with Crippen molar-refractivity contribution in [2.24, 2.45) is 0 Å². The Hall–Kier alpha value is -1.26. The molecule has 15 heavy (non-hydrogen) atoms. The van der Waals surface area contributed by atoms with Crippen LogP contribution in [0.2, 0.25) is 0 Å². The highest BCUT2D eigenvalue weighted by atomic mass is 16.6. The molecular weight excluding hydrogens is 198 g/mol. The quantitative estimate of drug-likeness (QED) is 0.649. The van der Waals surface area contributed by atoms with Crippen molar-refractivity contribution in [3.8, 4) is 0 Å². The maximum atomic E-state index is 11.6. The minimum absolute atomic E-state index is 0.170. The number of likely N-dealkylation sites (tertiary alicyclic amines) is 1. The Morgan fingerprint density at radius 2 is 2.07 bits per heavy atom. The third kappa shape index (κ3) is 2.84. The van der Waals surface area contributed by atoms with Crippen LogP contribution < -0.4 is 0 Å². The highest BCUT2D eigenvalue weighted by molar-refractivity contribution is 5.82. The minimum atomic E-state index is -0.471. The maximum Gasteiger partial charge on any atom is 0.410 e. The maximum absolute atomic E-state index is 11.6. The van der Waals surface area contributed by atoms with Gasteiger partial charge in [0.2, 0.25) is 0 Å². The van der Waals surface area contributed by atoms with Gasteiger partial charge in [-0.15, -0.1) is 0 Å². The topological polar surface area (TPSA) is 55.8 Å². The van der Waals surface area contributed by atoms with Crippen molar-refractivity contribution in [2.45, 2.75) is 38.8 Å². The summed E-state index contributed by atoms with van der Waals surface area (Å²) in [5, 5.41) is 0. The largest absolute Gasteiger partial charge is 0.467 e. The van der Waals surface area contributed by atoms with E-state index in [4.69, 9.17) is 4.74 Å². The van der Waals surface area contributed by atoms with Gasteiger partial charge in [0, 0.05) is 6.54 Å². The molecule has 5 heteroatoms. The lowest BCUT2D eigenvalue weighted by atomic mass is 10.2. The summed E-state index contributed by atoms with van der Waals surface area (Å²) in [6, 6.07) is -0.471. The number of hydrogen-bond acceptors (Lipinski definition) is 4. The summed E-state index contributed by atoms with van der Waals surface area (Å²) in [5.41, 5.74) is 0. The van der Waals surface area contributed by atoms with Crippen LogP contribution in [0.4, 0.5) is 4.79 Å². The number of carbonyl (C=O) groups is 2. The Kier molecular flexibility index (Phi) is 3.94. The standard InChI is InChI=1S/C10H17NO4/c1-7(2)15-10(13)11-6-4-5-8(11)9(12)14-3/h7-8H,4-6H2,1-3H3/t8-/m0/s1. The molecule has 1 fully saturated rings. The fourth-order valence-electron chi connectivity index (χ4n) is 1.64. The van der Waals surface area contributed by atoms with Gasteiger partial charge in [0.25, 0.3) is 0 Å². The van der Waals surface area contributed by atoms with E-state index in [1.807, 2.05) is 0 Å². The molecule has 0 radical (unpaired) electrons. The minimum Gasteiger partial charge on any atom is -0.467 e. The van der Waals surface area contributed by atoms with E-state index < -0.39 is 12.1 Å². The summed E-state index contributed by atoms with van der Waals surface area (Å²) in [6.45, 7) is 4.12. The summed E-state index contributed by atoms with van der Waals surface area (Å²) in [4.78, 5) is 24.4. The molecule has 1 rings (SSSR count). The number of rotatable bonds is 2. The lowest BCUT2D eigenvalue weighted by Gasteiger charge is -2.23. The molecule has 0 unspecified atom stereocenters. The molecule has 1 amide bonds. The Labute approximate surface area is 89.3 Å². The molecule has 0 bridgehead atoms. The van der Waals surface area contributed by atoms with Crippen LogP contribution in [-0.2, 0) is 14.3 Å². The van der Waals surface area contributed by atoms with Crippen LogP contribution in [0.1, 0.15) is 26.7 Å². The van der Waals surface area contributed by atoms with Crippen LogP contribution in [0.5, 0.6) is 0 Å². The van der Waals surface area contributed by atoms with Crippen LogP contribution in [-0.4, -0.2) is 42.8 Å². The Balaban J connectivity index is 2.60. The predicted molar refractivity (Wildman–Crippen MR) is 53.4 cm³/mol. The van der Waals surface area contributed by atoms with E-state index in [2.05, 4.69) is 4.74 Å². The Morgan fingerprint density at radius 3 is 2.60 bits per heavy atom. The normalized spacial score (nSPS) is 20.5. The number of esters is 1. The van der Waals surface area contributed by atoms with Gasteiger partial charge in [-0.25, -0.2) is 9.59 Å². The number of hydrogen-bond donors (Lipinski definition) is 0. The van der Waals surface area contributed by atoms with E-state index in [1.165, 1.54) is 12.0 Å². The van der Waals surface area contributed by atoms with Crippen LogP contribution >= 0.6 is 0 Å². The van der Waals surface area contributed by atoms with Crippen LogP contribution in [0.25, 0.3) is 0 Å².